The summed E-state index contributed by atoms with van der Waals surface area (Å²) in [6, 6.07) is 23.1. The van der Waals surface area contributed by atoms with Crippen LogP contribution < -0.4 is 10.6 Å². The van der Waals surface area contributed by atoms with E-state index in [1.807, 2.05) is 57.2 Å². The van der Waals surface area contributed by atoms with E-state index in [2.05, 4.69) is 45.0 Å². The van der Waals surface area contributed by atoms with Crippen molar-refractivity contribution in [2.75, 3.05) is 10.6 Å². The smallest absolute Gasteiger partial charge is 0.109 e. The van der Waals surface area contributed by atoms with Crippen LogP contribution in [0.3, 0.4) is 0 Å². The zero-order valence-electron chi connectivity index (χ0n) is 24.9. The van der Waals surface area contributed by atoms with Crippen molar-refractivity contribution in [3.63, 3.8) is 0 Å². The van der Waals surface area contributed by atoms with Crippen LogP contribution in [-0.2, 0) is 5.54 Å². The fraction of sp³-hybridized carbons (Fsp3) is 0.242. The number of hydrogen-bond donors (Lipinski definition) is 2. The van der Waals surface area contributed by atoms with Gasteiger partial charge in [0, 0.05) is 17.3 Å². The van der Waals surface area contributed by atoms with Crippen molar-refractivity contribution in [3.05, 3.63) is 112 Å². The molecule has 42 heavy (non-hydrogen) atoms. The number of benzene rings is 3. The summed E-state index contributed by atoms with van der Waals surface area (Å²) >= 11 is 6.80. The van der Waals surface area contributed by atoms with Crippen LogP contribution in [-0.4, -0.2) is 20.0 Å². The third kappa shape index (κ3) is 5.90. The van der Waals surface area contributed by atoms with Gasteiger partial charge in [-0.05, 0) is 62.6 Å². The summed E-state index contributed by atoms with van der Waals surface area (Å²) in [4.78, 5) is 4.49. The first kappa shape index (κ1) is 27.3. The largest absolute Gasteiger partial charge is 0.377 e. The van der Waals surface area contributed by atoms with Crippen molar-refractivity contribution in [2.24, 2.45) is 0 Å². The molecule has 5 aromatic rings. The highest BCUT2D eigenvalue weighted by Crippen LogP contribution is 2.37. The number of pyridine rings is 1. The molecule has 9 heteroatoms. The van der Waals surface area contributed by atoms with Gasteiger partial charge in [-0.2, -0.15) is 10.5 Å². The molecule has 0 aliphatic heterocycles. The molecule has 0 aliphatic carbocycles. The van der Waals surface area contributed by atoms with Gasteiger partial charge in [0.15, 0.2) is 0 Å². The van der Waals surface area contributed by atoms with Gasteiger partial charge in [0.1, 0.15) is 11.8 Å². The number of fused-ring (bicyclic) bond motifs is 1. The maximum atomic E-state index is 10.0. The molecule has 2 aromatic heterocycles. The van der Waals surface area contributed by atoms with Crippen molar-refractivity contribution >= 4 is 33.9 Å². The van der Waals surface area contributed by atoms with E-state index in [0.717, 1.165) is 12.0 Å². The molecule has 5 rings (SSSR count). The summed E-state index contributed by atoms with van der Waals surface area (Å²) in [7, 11) is 0. The van der Waals surface area contributed by atoms with Gasteiger partial charge in [0.2, 0.25) is 0 Å². The van der Waals surface area contributed by atoms with Gasteiger partial charge in [-0.15, -0.1) is 5.10 Å². The Hall–Kier alpha value is -4.92. The van der Waals surface area contributed by atoms with Gasteiger partial charge >= 0.3 is 0 Å². The Balaban J connectivity index is 1.66. The number of nitrogens with one attached hydrogen (secondary N) is 2. The summed E-state index contributed by atoms with van der Waals surface area (Å²) < 4.78 is 11.4. The number of anilines is 2. The van der Waals surface area contributed by atoms with Crippen molar-refractivity contribution < 1.29 is 1.37 Å². The molecule has 2 unspecified atom stereocenters. The van der Waals surface area contributed by atoms with Crippen LogP contribution in [0.25, 0.3) is 10.9 Å². The molecule has 0 bridgehead atoms. The summed E-state index contributed by atoms with van der Waals surface area (Å²) in [6.07, 6.45) is 4.03. The molecule has 0 spiro atoms. The summed E-state index contributed by atoms with van der Waals surface area (Å²) in [5.74, 6) is 0. The lowest BCUT2D eigenvalue weighted by Crippen LogP contribution is -2.22. The Morgan fingerprint density at radius 3 is 2.43 bits per heavy atom. The second-order valence-electron chi connectivity index (χ2n) is 10.9. The van der Waals surface area contributed by atoms with Crippen molar-refractivity contribution in [1.29, 1.82) is 10.5 Å². The molecule has 3 aromatic carbocycles. The standard InChI is InChI=1S/C33H31ClN8/c1-5-28(22-11-7-6-8-12-22)39-30-24(18-36)19-37-32-26(30)15-25(16-27(32)34)38-31(23-13-9-10-21(14-23)17-35)29-20-42(41-40-29)33(2,3)4/h6-16,19-20,28,31,38H,5H2,1-4H3,(H,37,39)/i31D. The van der Waals surface area contributed by atoms with E-state index in [-0.39, 0.29) is 11.6 Å². The zero-order chi connectivity index (χ0) is 30.8. The lowest BCUT2D eigenvalue weighted by atomic mass is 10.0. The number of aromatic nitrogens is 4. The Labute approximate surface area is 252 Å². The van der Waals surface area contributed by atoms with Crippen LogP contribution in [0, 0.1) is 22.7 Å². The highest BCUT2D eigenvalue weighted by Gasteiger charge is 2.23. The number of halogens is 1. The van der Waals surface area contributed by atoms with E-state index < -0.39 is 6.02 Å². The van der Waals surface area contributed by atoms with E-state index >= 15 is 0 Å². The van der Waals surface area contributed by atoms with Gasteiger partial charge < -0.3 is 10.6 Å². The van der Waals surface area contributed by atoms with Crippen LogP contribution in [0.2, 0.25) is 5.02 Å². The van der Waals surface area contributed by atoms with Gasteiger partial charge in [0.25, 0.3) is 0 Å². The third-order valence-corrected chi connectivity index (χ3v) is 7.25. The predicted molar refractivity (Wildman–Crippen MR) is 166 cm³/mol. The highest BCUT2D eigenvalue weighted by molar-refractivity contribution is 6.35. The normalized spacial score (nSPS) is 13.8. The van der Waals surface area contributed by atoms with Crippen molar-refractivity contribution in [3.8, 4) is 12.1 Å². The lowest BCUT2D eigenvalue weighted by molar-refractivity contribution is 0.347. The van der Waals surface area contributed by atoms with E-state index in [4.69, 9.17) is 11.6 Å². The minimum Gasteiger partial charge on any atom is -0.377 e. The molecule has 0 aliphatic rings. The van der Waals surface area contributed by atoms with Crippen LogP contribution in [0.15, 0.2) is 79.1 Å². The first-order valence-electron chi connectivity index (χ1n) is 14.1. The second kappa shape index (κ2) is 11.9. The summed E-state index contributed by atoms with van der Waals surface area (Å²) in [5.41, 5.74) is 4.00. The average molecular weight is 576 g/mol. The molecule has 0 amide bonds. The predicted octanol–water partition coefficient (Wildman–Crippen LogP) is 7.74. The molecule has 0 fully saturated rings. The van der Waals surface area contributed by atoms with Crippen LogP contribution in [0.4, 0.5) is 11.4 Å². The number of nitrogens with zero attached hydrogens (tertiary/aromatic N) is 6. The Bertz CT molecular complexity index is 1870. The van der Waals surface area contributed by atoms with Gasteiger partial charge in [-0.25, -0.2) is 4.68 Å². The molecule has 0 radical (unpaired) electrons. The van der Waals surface area contributed by atoms with Crippen molar-refractivity contribution in [1.82, 2.24) is 20.0 Å². The van der Waals surface area contributed by atoms with Crippen LogP contribution in [0.1, 0.15) is 75.5 Å². The minimum absolute atomic E-state index is 0.0642. The maximum absolute atomic E-state index is 10.0. The molecule has 2 heterocycles. The molecular weight excluding hydrogens is 544 g/mol. The average Bonchev–Trinajstić information content (AvgIpc) is 3.52. The van der Waals surface area contributed by atoms with Crippen LogP contribution >= 0.6 is 11.6 Å². The first-order chi connectivity index (χ1) is 20.6. The SMILES string of the molecule is [2H]C(Nc1cc(Cl)c2ncc(C#N)c(NC(CC)c3ccccc3)c2c1)(c1cccc(C#N)c1)c1cn(C(C)(C)C)nn1. The zero-order valence-corrected chi connectivity index (χ0v) is 24.6. The van der Waals surface area contributed by atoms with E-state index in [0.29, 0.717) is 49.7 Å². The number of rotatable bonds is 8. The van der Waals surface area contributed by atoms with Crippen LogP contribution in [0.5, 0.6) is 0 Å². The Morgan fingerprint density at radius 1 is 1.00 bits per heavy atom. The van der Waals surface area contributed by atoms with Crippen molar-refractivity contribution in [2.45, 2.75) is 51.7 Å². The monoisotopic (exact) mass is 575 g/mol. The molecule has 2 atom stereocenters. The Morgan fingerprint density at radius 2 is 1.76 bits per heavy atom. The fourth-order valence-corrected chi connectivity index (χ4v) is 5.00. The van der Waals surface area contributed by atoms with Gasteiger partial charge in [-0.3, -0.25) is 4.98 Å². The fourth-order valence-electron chi connectivity index (χ4n) is 4.73. The maximum Gasteiger partial charge on any atom is 0.109 e. The topological polar surface area (TPSA) is 115 Å². The van der Waals surface area contributed by atoms with E-state index in [9.17, 15) is 11.9 Å². The summed E-state index contributed by atoms with van der Waals surface area (Å²) in [6.45, 7) is 8.07. The minimum atomic E-state index is -1.64. The first-order valence-corrected chi connectivity index (χ1v) is 14.0. The Kier molecular flexibility index (Phi) is 7.72. The third-order valence-electron chi connectivity index (χ3n) is 6.96. The van der Waals surface area contributed by atoms with Gasteiger partial charge in [0.05, 0.1) is 58.6 Å². The van der Waals surface area contributed by atoms with E-state index in [1.165, 1.54) is 6.20 Å². The molecule has 210 valence electrons. The van der Waals surface area contributed by atoms with E-state index in [1.54, 1.807) is 41.2 Å². The molecular formula is C33H31ClN8. The molecule has 0 saturated heterocycles. The number of hydrogen-bond acceptors (Lipinski definition) is 7. The highest BCUT2D eigenvalue weighted by atomic mass is 35.5. The number of nitriles is 2. The molecule has 2 N–H and O–H groups in total. The summed E-state index contributed by atoms with van der Waals surface area (Å²) in [5, 5.41) is 36.2. The van der Waals surface area contributed by atoms with Gasteiger partial charge in [-0.1, -0.05) is 66.2 Å². The quantitative estimate of drug-likeness (QED) is 0.194. The molecule has 0 saturated carbocycles. The molecule has 8 nitrogen and oxygen atoms in total. The second-order valence-corrected chi connectivity index (χ2v) is 11.3. The lowest BCUT2D eigenvalue weighted by Gasteiger charge is -2.23.